The number of rotatable bonds is 3. The van der Waals surface area contributed by atoms with Gasteiger partial charge < -0.3 is 9.47 Å². The van der Waals surface area contributed by atoms with E-state index in [1.807, 2.05) is 18.2 Å². The zero-order valence-corrected chi connectivity index (χ0v) is 11.3. The van der Waals surface area contributed by atoms with Crippen LogP contribution in [0.2, 0.25) is 5.02 Å². The van der Waals surface area contributed by atoms with Gasteiger partial charge in [0.25, 0.3) is 0 Å². The van der Waals surface area contributed by atoms with Crippen LogP contribution in [0.1, 0.15) is 12.0 Å². The molecule has 94 valence electrons. The summed E-state index contributed by atoms with van der Waals surface area (Å²) in [4.78, 5) is 0. The standard InChI is InChI=1S/C13H16Cl2O2/c1-16-13-3-2-11(14)7-9(13)6-10-8-17-5-4-12(10)15/h2-3,7,10,12H,4-6,8H2,1H3. The van der Waals surface area contributed by atoms with Gasteiger partial charge in [-0.05, 0) is 36.6 Å². The first-order chi connectivity index (χ1) is 8.20. The van der Waals surface area contributed by atoms with Gasteiger partial charge in [0, 0.05) is 22.9 Å². The fourth-order valence-electron chi connectivity index (χ4n) is 2.15. The Morgan fingerprint density at radius 3 is 3.00 bits per heavy atom. The van der Waals surface area contributed by atoms with Gasteiger partial charge >= 0.3 is 0 Å². The summed E-state index contributed by atoms with van der Waals surface area (Å²) in [6, 6.07) is 5.67. The Hall–Kier alpha value is -0.440. The molecule has 0 bridgehead atoms. The molecular weight excluding hydrogens is 259 g/mol. The fraction of sp³-hybridized carbons (Fsp3) is 0.538. The highest BCUT2D eigenvalue weighted by Crippen LogP contribution is 2.29. The smallest absolute Gasteiger partial charge is 0.122 e. The topological polar surface area (TPSA) is 18.5 Å². The molecule has 0 saturated carbocycles. The molecule has 1 aliphatic heterocycles. The first-order valence-corrected chi connectivity index (χ1v) is 6.56. The molecule has 1 aliphatic rings. The first kappa shape index (κ1) is 13.0. The van der Waals surface area contributed by atoms with Crippen molar-refractivity contribution >= 4 is 23.2 Å². The lowest BCUT2D eigenvalue weighted by Gasteiger charge is -2.27. The van der Waals surface area contributed by atoms with E-state index in [-0.39, 0.29) is 5.38 Å². The molecule has 0 amide bonds. The van der Waals surface area contributed by atoms with Gasteiger partial charge in [0.15, 0.2) is 0 Å². The third kappa shape index (κ3) is 3.27. The van der Waals surface area contributed by atoms with Gasteiger partial charge in [-0.2, -0.15) is 0 Å². The Morgan fingerprint density at radius 1 is 1.47 bits per heavy atom. The average molecular weight is 275 g/mol. The molecule has 0 radical (unpaired) electrons. The SMILES string of the molecule is COc1ccc(Cl)cc1CC1COCCC1Cl. The Morgan fingerprint density at radius 2 is 2.29 bits per heavy atom. The van der Waals surface area contributed by atoms with Crippen molar-refractivity contribution in [3.8, 4) is 5.75 Å². The van der Waals surface area contributed by atoms with Crippen LogP contribution in [0, 0.1) is 5.92 Å². The van der Waals surface area contributed by atoms with Crippen LogP contribution in [-0.4, -0.2) is 25.7 Å². The van der Waals surface area contributed by atoms with Crippen LogP contribution >= 0.6 is 23.2 Å². The van der Waals surface area contributed by atoms with Crippen LogP contribution in [0.4, 0.5) is 0 Å². The highest BCUT2D eigenvalue weighted by atomic mass is 35.5. The molecule has 0 aromatic heterocycles. The van der Waals surface area contributed by atoms with Gasteiger partial charge in [-0.1, -0.05) is 11.6 Å². The number of alkyl halides is 1. The molecule has 1 fully saturated rings. The third-order valence-corrected chi connectivity index (χ3v) is 3.92. The molecule has 0 N–H and O–H groups in total. The molecule has 2 rings (SSSR count). The quantitative estimate of drug-likeness (QED) is 0.785. The lowest BCUT2D eigenvalue weighted by molar-refractivity contribution is 0.0576. The van der Waals surface area contributed by atoms with Gasteiger partial charge in [0.1, 0.15) is 5.75 Å². The molecule has 4 heteroatoms. The highest BCUT2D eigenvalue weighted by molar-refractivity contribution is 6.30. The summed E-state index contributed by atoms with van der Waals surface area (Å²) in [6.45, 7) is 1.47. The minimum absolute atomic E-state index is 0.174. The predicted molar refractivity (Wildman–Crippen MR) is 70.3 cm³/mol. The Balaban J connectivity index is 2.13. The van der Waals surface area contributed by atoms with E-state index < -0.39 is 0 Å². The van der Waals surface area contributed by atoms with Crippen LogP contribution < -0.4 is 4.74 Å². The zero-order valence-electron chi connectivity index (χ0n) is 9.79. The molecule has 0 aliphatic carbocycles. The molecule has 0 spiro atoms. The summed E-state index contributed by atoms with van der Waals surface area (Å²) < 4.78 is 10.8. The Labute approximate surface area is 112 Å². The van der Waals surface area contributed by atoms with Crippen LogP contribution in [0.25, 0.3) is 0 Å². The van der Waals surface area contributed by atoms with Crippen LogP contribution in [-0.2, 0) is 11.2 Å². The van der Waals surface area contributed by atoms with Crippen molar-refractivity contribution in [2.75, 3.05) is 20.3 Å². The van der Waals surface area contributed by atoms with Crippen LogP contribution in [0.15, 0.2) is 18.2 Å². The molecule has 1 aromatic carbocycles. The van der Waals surface area contributed by atoms with Crippen molar-refractivity contribution in [2.24, 2.45) is 5.92 Å². The van der Waals surface area contributed by atoms with E-state index in [1.54, 1.807) is 7.11 Å². The zero-order chi connectivity index (χ0) is 12.3. The van der Waals surface area contributed by atoms with Crippen molar-refractivity contribution in [3.05, 3.63) is 28.8 Å². The molecule has 2 unspecified atom stereocenters. The monoisotopic (exact) mass is 274 g/mol. The van der Waals surface area contributed by atoms with E-state index >= 15 is 0 Å². The van der Waals surface area contributed by atoms with E-state index in [1.165, 1.54) is 0 Å². The second-order valence-electron chi connectivity index (χ2n) is 4.30. The van der Waals surface area contributed by atoms with Crippen molar-refractivity contribution < 1.29 is 9.47 Å². The Bertz CT molecular complexity index is 382. The molecule has 2 atom stereocenters. The van der Waals surface area contributed by atoms with Gasteiger partial charge in [0.2, 0.25) is 0 Å². The van der Waals surface area contributed by atoms with Crippen molar-refractivity contribution in [3.63, 3.8) is 0 Å². The van der Waals surface area contributed by atoms with E-state index in [2.05, 4.69) is 0 Å². The first-order valence-electron chi connectivity index (χ1n) is 5.75. The number of hydrogen-bond acceptors (Lipinski definition) is 2. The predicted octanol–water partition coefficient (Wildman–Crippen LogP) is 3.54. The second kappa shape index (κ2) is 5.94. The number of ether oxygens (including phenoxy) is 2. The van der Waals surface area contributed by atoms with Gasteiger partial charge in [-0.3, -0.25) is 0 Å². The second-order valence-corrected chi connectivity index (χ2v) is 5.30. The fourth-order valence-corrected chi connectivity index (χ4v) is 2.59. The summed E-state index contributed by atoms with van der Waals surface area (Å²) >= 11 is 12.3. The lowest BCUT2D eigenvalue weighted by atomic mass is 9.93. The van der Waals surface area contributed by atoms with Gasteiger partial charge in [-0.15, -0.1) is 11.6 Å². The van der Waals surface area contributed by atoms with Crippen LogP contribution in [0.3, 0.4) is 0 Å². The molecule has 1 aromatic rings. The van der Waals surface area contributed by atoms with Crippen molar-refractivity contribution in [1.82, 2.24) is 0 Å². The van der Waals surface area contributed by atoms with E-state index in [9.17, 15) is 0 Å². The largest absolute Gasteiger partial charge is 0.496 e. The van der Waals surface area contributed by atoms with Crippen LogP contribution in [0.5, 0.6) is 5.75 Å². The molecule has 17 heavy (non-hydrogen) atoms. The summed E-state index contributed by atoms with van der Waals surface area (Å²) in [5.41, 5.74) is 1.10. The molecule has 1 saturated heterocycles. The maximum Gasteiger partial charge on any atom is 0.122 e. The number of halogens is 2. The minimum atomic E-state index is 0.174. The lowest BCUT2D eigenvalue weighted by Crippen LogP contribution is -2.29. The molecule has 2 nitrogen and oxygen atoms in total. The van der Waals surface area contributed by atoms with Crippen molar-refractivity contribution in [2.45, 2.75) is 18.2 Å². The number of benzene rings is 1. The van der Waals surface area contributed by atoms with E-state index in [4.69, 9.17) is 32.7 Å². The highest BCUT2D eigenvalue weighted by Gasteiger charge is 2.25. The number of methoxy groups -OCH3 is 1. The maximum absolute atomic E-state index is 6.31. The summed E-state index contributed by atoms with van der Waals surface area (Å²) in [7, 11) is 1.67. The van der Waals surface area contributed by atoms with E-state index in [0.29, 0.717) is 12.5 Å². The van der Waals surface area contributed by atoms with Crippen molar-refractivity contribution in [1.29, 1.82) is 0 Å². The average Bonchev–Trinajstić information content (AvgIpc) is 2.32. The minimum Gasteiger partial charge on any atom is -0.496 e. The normalized spacial score (nSPS) is 24.6. The maximum atomic E-state index is 6.31. The summed E-state index contributed by atoms with van der Waals surface area (Å²) in [5.74, 6) is 1.20. The summed E-state index contributed by atoms with van der Waals surface area (Å²) in [6.07, 6.45) is 1.76. The Kier molecular flexibility index (Phi) is 4.55. The van der Waals surface area contributed by atoms with Gasteiger partial charge in [0.05, 0.1) is 13.7 Å². The number of hydrogen-bond donors (Lipinski definition) is 0. The molecule has 1 heterocycles. The van der Waals surface area contributed by atoms with Gasteiger partial charge in [-0.25, -0.2) is 0 Å². The van der Waals surface area contributed by atoms with E-state index in [0.717, 1.165) is 35.8 Å². The molecular formula is C13H16Cl2O2. The third-order valence-electron chi connectivity index (χ3n) is 3.11. The summed E-state index contributed by atoms with van der Waals surface area (Å²) in [5, 5.41) is 0.899.